The summed E-state index contributed by atoms with van der Waals surface area (Å²) in [6, 6.07) is 18.9. The lowest BCUT2D eigenvalue weighted by Crippen LogP contribution is -2.34. The molecule has 0 unspecified atom stereocenters. The fraction of sp³-hybridized carbons (Fsp3) is 0.278. The van der Waals surface area contributed by atoms with E-state index in [2.05, 4.69) is 64.1 Å². The third-order valence-electron chi connectivity index (χ3n) is 3.21. The molecule has 0 fully saturated rings. The molecule has 0 aliphatic rings. The van der Waals surface area contributed by atoms with E-state index < -0.39 is 0 Å². The maximum Gasteiger partial charge on any atom is 0.170 e. The highest BCUT2D eigenvalue weighted by Crippen LogP contribution is 2.22. The molecule has 2 aromatic rings. The molecule has 2 aromatic carbocycles. The minimum absolute atomic E-state index is 0.665. The molecule has 2 N–H and O–H groups in total. The van der Waals surface area contributed by atoms with Gasteiger partial charge in [-0.25, -0.2) is 0 Å². The zero-order chi connectivity index (χ0) is 16.5. The number of anilines is 1. The van der Waals surface area contributed by atoms with E-state index >= 15 is 0 Å². The second kappa shape index (κ2) is 9.55. The number of likely N-dealkylation sites (N-methyl/N-ethyl adjacent to an activating group) is 1. The predicted molar refractivity (Wildman–Crippen MR) is 105 cm³/mol. The zero-order valence-electron chi connectivity index (χ0n) is 13.6. The Balaban J connectivity index is 1.76. The van der Waals surface area contributed by atoms with Crippen molar-refractivity contribution < 1.29 is 0 Å². The van der Waals surface area contributed by atoms with Crippen LogP contribution in [0.15, 0.2) is 59.5 Å². The van der Waals surface area contributed by atoms with E-state index in [-0.39, 0.29) is 0 Å². The van der Waals surface area contributed by atoms with E-state index in [4.69, 9.17) is 12.2 Å². The summed E-state index contributed by atoms with van der Waals surface area (Å²) >= 11 is 7.13. The van der Waals surface area contributed by atoms with Gasteiger partial charge < -0.3 is 15.5 Å². The van der Waals surface area contributed by atoms with Gasteiger partial charge in [-0.2, -0.15) is 0 Å². The normalized spacial score (nSPS) is 10.6. The first-order chi connectivity index (χ1) is 11.1. The average molecular weight is 346 g/mol. The molecule has 0 aromatic heterocycles. The van der Waals surface area contributed by atoms with Crippen LogP contribution in [0.25, 0.3) is 0 Å². The highest BCUT2D eigenvalue weighted by molar-refractivity contribution is 7.98. The lowest BCUT2D eigenvalue weighted by Gasteiger charge is -2.13. The Bertz CT molecular complexity index is 597. The van der Waals surface area contributed by atoms with Gasteiger partial charge in [0.25, 0.3) is 0 Å². The van der Waals surface area contributed by atoms with Crippen molar-refractivity contribution in [1.82, 2.24) is 10.2 Å². The van der Waals surface area contributed by atoms with Gasteiger partial charge in [-0.3, -0.25) is 0 Å². The van der Waals surface area contributed by atoms with Crippen molar-refractivity contribution >= 4 is 34.8 Å². The molecule has 5 heteroatoms. The summed E-state index contributed by atoms with van der Waals surface area (Å²) in [6.45, 7) is 1.79. The summed E-state index contributed by atoms with van der Waals surface area (Å²) in [5, 5.41) is 7.08. The van der Waals surface area contributed by atoms with Crippen LogP contribution in [0, 0.1) is 0 Å². The molecule has 2 rings (SSSR count). The Morgan fingerprint density at radius 1 is 1.04 bits per heavy atom. The Kier molecular flexibility index (Phi) is 7.39. The van der Waals surface area contributed by atoms with Crippen molar-refractivity contribution in [2.75, 3.05) is 32.5 Å². The number of hydrogen-bond donors (Lipinski definition) is 2. The van der Waals surface area contributed by atoms with E-state index in [1.165, 1.54) is 10.5 Å². The van der Waals surface area contributed by atoms with E-state index in [0.29, 0.717) is 5.11 Å². The highest BCUT2D eigenvalue weighted by Gasteiger charge is 2.00. The van der Waals surface area contributed by atoms with Crippen LogP contribution in [-0.2, 0) is 5.75 Å². The molecule has 0 bridgehead atoms. The summed E-state index contributed by atoms with van der Waals surface area (Å²) in [5.74, 6) is 0.968. The maximum atomic E-state index is 5.29. The van der Waals surface area contributed by atoms with E-state index in [9.17, 15) is 0 Å². The van der Waals surface area contributed by atoms with Gasteiger partial charge in [0.15, 0.2) is 5.11 Å². The maximum absolute atomic E-state index is 5.29. The molecular formula is C18H23N3S2. The Labute approximate surface area is 148 Å². The number of nitrogens with zero attached hydrogens (tertiary/aromatic N) is 1. The zero-order valence-corrected chi connectivity index (χ0v) is 15.2. The highest BCUT2D eigenvalue weighted by atomic mass is 32.2. The first-order valence-corrected chi connectivity index (χ1v) is 8.99. The van der Waals surface area contributed by atoms with Crippen LogP contribution >= 0.6 is 24.0 Å². The Morgan fingerprint density at radius 2 is 1.74 bits per heavy atom. The molecule has 0 atom stereocenters. The van der Waals surface area contributed by atoms with Gasteiger partial charge in [0, 0.05) is 29.4 Å². The van der Waals surface area contributed by atoms with Crippen molar-refractivity contribution in [3.05, 3.63) is 60.2 Å². The second-order valence-electron chi connectivity index (χ2n) is 5.48. The number of rotatable bonds is 7. The number of hydrogen-bond acceptors (Lipinski definition) is 3. The smallest absolute Gasteiger partial charge is 0.170 e. The topological polar surface area (TPSA) is 27.3 Å². The summed E-state index contributed by atoms with van der Waals surface area (Å²) in [7, 11) is 4.09. The predicted octanol–water partition coefficient (Wildman–Crippen LogP) is 3.83. The van der Waals surface area contributed by atoms with Crippen LogP contribution in [-0.4, -0.2) is 37.2 Å². The van der Waals surface area contributed by atoms with Crippen LogP contribution in [0.2, 0.25) is 0 Å². The van der Waals surface area contributed by atoms with Crippen molar-refractivity contribution in [3.63, 3.8) is 0 Å². The summed E-state index contributed by atoms with van der Waals surface area (Å²) < 4.78 is 0. The van der Waals surface area contributed by atoms with Crippen LogP contribution < -0.4 is 10.6 Å². The monoisotopic (exact) mass is 345 g/mol. The number of nitrogens with one attached hydrogen (secondary N) is 2. The molecular weight excluding hydrogens is 322 g/mol. The van der Waals surface area contributed by atoms with Gasteiger partial charge in [0.05, 0.1) is 0 Å². The SMILES string of the molecule is CN(C)CCNC(=S)Nc1ccc(CSc2ccccc2)cc1. The van der Waals surface area contributed by atoms with Crippen LogP contribution in [0.1, 0.15) is 5.56 Å². The van der Waals surface area contributed by atoms with Crippen LogP contribution in [0.4, 0.5) is 5.69 Å². The molecule has 0 amide bonds. The number of thiocarbonyl (C=S) groups is 1. The first kappa shape index (κ1) is 17.8. The van der Waals surface area contributed by atoms with E-state index in [0.717, 1.165) is 24.5 Å². The summed E-state index contributed by atoms with van der Waals surface area (Å²) in [5.41, 5.74) is 2.32. The van der Waals surface area contributed by atoms with E-state index in [1.54, 1.807) is 0 Å². The van der Waals surface area contributed by atoms with Crippen molar-refractivity contribution in [3.8, 4) is 0 Å². The second-order valence-corrected chi connectivity index (χ2v) is 6.94. The summed E-state index contributed by atoms with van der Waals surface area (Å²) in [4.78, 5) is 3.41. The lowest BCUT2D eigenvalue weighted by atomic mass is 10.2. The number of benzene rings is 2. The third-order valence-corrected chi connectivity index (χ3v) is 4.53. The third kappa shape index (κ3) is 7.03. The van der Waals surface area contributed by atoms with Crippen molar-refractivity contribution in [2.24, 2.45) is 0 Å². The fourth-order valence-corrected chi connectivity index (χ4v) is 3.03. The lowest BCUT2D eigenvalue weighted by molar-refractivity contribution is 0.413. The first-order valence-electron chi connectivity index (χ1n) is 7.60. The molecule has 0 spiro atoms. The molecule has 0 aliphatic heterocycles. The van der Waals surface area contributed by atoms with E-state index in [1.807, 2.05) is 31.9 Å². The van der Waals surface area contributed by atoms with Gasteiger partial charge in [-0.05, 0) is 56.1 Å². The van der Waals surface area contributed by atoms with Gasteiger partial charge in [-0.15, -0.1) is 11.8 Å². The molecule has 0 saturated carbocycles. The molecule has 0 heterocycles. The Hall–Kier alpha value is -1.56. The molecule has 0 aliphatic carbocycles. The standard InChI is InChI=1S/C18H23N3S2/c1-21(2)13-12-19-18(22)20-16-10-8-15(9-11-16)14-23-17-6-4-3-5-7-17/h3-11H,12-14H2,1-2H3,(H2,19,20,22). The average Bonchev–Trinajstić information content (AvgIpc) is 2.55. The van der Waals surface area contributed by atoms with Crippen LogP contribution in [0.5, 0.6) is 0 Å². The van der Waals surface area contributed by atoms with Crippen LogP contribution in [0.3, 0.4) is 0 Å². The molecule has 3 nitrogen and oxygen atoms in total. The fourth-order valence-electron chi connectivity index (χ4n) is 1.94. The minimum Gasteiger partial charge on any atom is -0.361 e. The van der Waals surface area contributed by atoms with Gasteiger partial charge in [-0.1, -0.05) is 30.3 Å². The number of thioether (sulfide) groups is 1. The van der Waals surface area contributed by atoms with Crippen molar-refractivity contribution in [1.29, 1.82) is 0 Å². The molecule has 0 saturated heterocycles. The minimum atomic E-state index is 0.665. The quantitative estimate of drug-likeness (QED) is 0.588. The van der Waals surface area contributed by atoms with Gasteiger partial charge >= 0.3 is 0 Å². The van der Waals surface area contributed by atoms with Gasteiger partial charge in [0.1, 0.15) is 0 Å². The summed E-state index contributed by atoms with van der Waals surface area (Å²) in [6.07, 6.45) is 0. The largest absolute Gasteiger partial charge is 0.361 e. The van der Waals surface area contributed by atoms with Gasteiger partial charge in [0.2, 0.25) is 0 Å². The molecule has 122 valence electrons. The van der Waals surface area contributed by atoms with Crippen molar-refractivity contribution in [2.45, 2.75) is 10.6 Å². The molecule has 0 radical (unpaired) electrons. The Morgan fingerprint density at radius 3 is 2.39 bits per heavy atom. The molecule has 23 heavy (non-hydrogen) atoms.